The lowest BCUT2D eigenvalue weighted by atomic mass is 10.1. The maximum Gasteiger partial charge on any atom is 0.417 e. The molecule has 2 aromatic carbocycles. The Morgan fingerprint density at radius 1 is 1.10 bits per heavy atom. The third kappa shape index (κ3) is 7.37. The van der Waals surface area contributed by atoms with Crippen LogP contribution in [0.2, 0.25) is 0 Å². The number of nitrogens with one attached hydrogen (secondary N) is 1. The van der Waals surface area contributed by atoms with Gasteiger partial charge in [0.1, 0.15) is 5.82 Å². The number of alkyl halides is 3. The van der Waals surface area contributed by atoms with Gasteiger partial charge in [0, 0.05) is 42.0 Å². The van der Waals surface area contributed by atoms with Gasteiger partial charge in [0.05, 0.1) is 18.8 Å². The van der Waals surface area contributed by atoms with E-state index in [0.717, 1.165) is 37.0 Å². The molecule has 4 nitrogen and oxygen atoms in total. The van der Waals surface area contributed by atoms with E-state index >= 15 is 0 Å². The van der Waals surface area contributed by atoms with Crippen LogP contribution in [-0.4, -0.2) is 50.2 Å². The van der Waals surface area contributed by atoms with E-state index in [4.69, 9.17) is 4.74 Å². The summed E-state index contributed by atoms with van der Waals surface area (Å²) in [5.41, 5.74) is -0.934. The molecule has 0 aliphatic carbocycles. The van der Waals surface area contributed by atoms with Gasteiger partial charge in [-0.1, -0.05) is 17.8 Å². The third-order valence-electron chi connectivity index (χ3n) is 4.62. The van der Waals surface area contributed by atoms with Gasteiger partial charge in [-0.2, -0.15) is 13.2 Å². The average molecular weight is 454 g/mol. The van der Waals surface area contributed by atoms with Gasteiger partial charge in [-0.15, -0.1) is 0 Å². The van der Waals surface area contributed by atoms with Gasteiger partial charge in [-0.05, 0) is 48.0 Å². The Balaban J connectivity index is 1.63. The molecule has 1 aliphatic rings. The van der Waals surface area contributed by atoms with Crippen molar-refractivity contribution in [3.8, 4) is 0 Å². The minimum atomic E-state index is -4.58. The quantitative estimate of drug-likeness (QED) is 0.496. The van der Waals surface area contributed by atoms with Crippen LogP contribution in [0.25, 0.3) is 6.08 Å². The average Bonchev–Trinajstić information content (AvgIpc) is 2.74. The monoisotopic (exact) mass is 454 g/mol. The summed E-state index contributed by atoms with van der Waals surface area (Å²) in [6, 6.07) is 9.41. The van der Waals surface area contributed by atoms with E-state index in [0.29, 0.717) is 36.1 Å². The zero-order valence-corrected chi connectivity index (χ0v) is 17.4. The number of hydrogen-bond donors (Lipinski definition) is 1. The number of halogens is 4. The molecule has 31 heavy (non-hydrogen) atoms. The van der Waals surface area contributed by atoms with E-state index in [1.165, 1.54) is 36.4 Å². The molecule has 1 N–H and O–H groups in total. The highest BCUT2D eigenvalue weighted by molar-refractivity contribution is 7.99. The van der Waals surface area contributed by atoms with Crippen molar-refractivity contribution in [1.82, 2.24) is 10.2 Å². The second-order valence-electron chi connectivity index (χ2n) is 6.88. The number of nitrogens with zero attached hydrogens (tertiary/aromatic N) is 1. The van der Waals surface area contributed by atoms with Crippen LogP contribution >= 0.6 is 11.8 Å². The highest BCUT2D eigenvalue weighted by Crippen LogP contribution is 2.37. The van der Waals surface area contributed by atoms with Crippen LogP contribution in [0.4, 0.5) is 17.6 Å². The first-order valence-electron chi connectivity index (χ1n) is 9.72. The molecule has 1 heterocycles. The first-order chi connectivity index (χ1) is 14.8. The molecular weight excluding hydrogens is 432 g/mol. The summed E-state index contributed by atoms with van der Waals surface area (Å²) in [5.74, 6) is -0.866. The summed E-state index contributed by atoms with van der Waals surface area (Å²) in [6.07, 6.45) is -2.30. The zero-order chi connectivity index (χ0) is 22.3. The SMILES string of the molecule is O=C(C=Cc1ccc(Sc2ccc(F)cc2)cc1C(F)(F)F)NCCN1CCOCC1. The van der Waals surface area contributed by atoms with Gasteiger partial charge < -0.3 is 10.1 Å². The summed E-state index contributed by atoms with van der Waals surface area (Å²) in [6.45, 7) is 3.97. The van der Waals surface area contributed by atoms with Crippen LogP contribution < -0.4 is 5.32 Å². The molecule has 1 amide bonds. The second kappa shape index (κ2) is 10.8. The normalized spacial score (nSPS) is 15.4. The van der Waals surface area contributed by atoms with E-state index in [-0.39, 0.29) is 5.56 Å². The molecule has 0 saturated carbocycles. The molecular formula is C22H22F4N2O2S. The predicted octanol–water partition coefficient (Wildman–Crippen LogP) is 4.46. The molecule has 3 rings (SSSR count). The molecule has 0 aromatic heterocycles. The molecule has 0 atom stereocenters. The van der Waals surface area contributed by atoms with Gasteiger partial charge in [-0.3, -0.25) is 9.69 Å². The van der Waals surface area contributed by atoms with E-state index in [9.17, 15) is 22.4 Å². The fourth-order valence-electron chi connectivity index (χ4n) is 3.01. The van der Waals surface area contributed by atoms with Crippen LogP contribution in [0.1, 0.15) is 11.1 Å². The minimum absolute atomic E-state index is 0.0979. The Labute approximate surface area is 182 Å². The Hall–Kier alpha value is -2.36. The van der Waals surface area contributed by atoms with E-state index < -0.39 is 23.5 Å². The van der Waals surface area contributed by atoms with Crippen molar-refractivity contribution in [2.45, 2.75) is 16.0 Å². The third-order valence-corrected chi connectivity index (χ3v) is 5.62. The second-order valence-corrected chi connectivity index (χ2v) is 8.03. The highest BCUT2D eigenvalue weighted by atomic mass is 32.2. The molecule has 166 valence electrons. The smallest absolute Gasteiger partial charge is 0.379 e. The number of rotatable bonds is 7. The minimum Gasteiger partial charge on any atom is -0.379 e. The standard InChI is InChI=1S/C22H22F4N2O2S/c23-17-3-6-18(7-4-17)31-19-5-1-16(20(15-19)22(24,25)26)2-8-21(29)27-9-10-28-11-13-30-14-12-28/h1-8,15H,9-14H2,(H,27,29). The molecule has 1 fully saturated rings. The largest absolute Gasteiger partial charge is 0.417 e. The number of hydrogen-bond acceptors (Lipinski definition) is 4. The lowest BCUT2D eigenvalue weighted by Gasteiger charge is -2.26. The first-order valence-corrected chi connectivity index (χ1v) is 10.5. The topological polar surface area (TPSA) is 41.6 Å². The van der Waals surface area contributed by atoms with E-state index in [1.807, 2.05) is 0 Å². The van der Waals surface area contributed by atoms with Gasteiger partial charge in [-0.25, -0.2) is 4.39 Å². The molecule has 1 saturated heterocycles. The summed E-state index contributed by atoms with van der Waals surface area (Å²) in [4.78, 5) is 15.1. The van der Waals surface area contributed by atoms with Gasteiger partial charge in [0.15, 0.2) is 0 Å². The van der Waals surface area contributed by atoms with E-state index in [1.54, 1.807) is 6.07 Å². The number of ether oxygens (including phenoxy) is 1. The van der Waals surface area contributed by atoms with Gasteiger partial charge >= 0.3 is 6.18 Å². The maximum absolute atomic E-state index is 13.5. The van der Waals surface area contributed by atoms with Crippen LogP contribution in [0.15, 0.2) is 58.3 Å². The lowest BCUT2D eigenvalue weighted by molar-refractivity contribution is -0.137. The zero-order valence-electron chi connectivity index (χ0n) is 16.6. The van der Waals surface area contributed by atoms with Crippen LogP contribution in [-0.2, 0) is 15.7 Å². The summed E-state index contributed by atoms with van der Waals surface area (Å²) in [5, 5.41) is 2.68. The fourth-order valence-corrected chi connectivity index (χ4v) is 3.87. The lowest BCUT2D eigenvalue weighted by Crippen LogP contribution is -2.41. The molecule has 0 unspecified atom stereocenters. The summed E-state index contributed by atoms with van der Waals surface area (Å²) >= 11 is 1.10. The number of amides is 1. The molecule has 9 heteroatoms. The first kappa shape index (κ1) is 23.3. The van der Waals surface area contributed by atoms with Gasteiger partial charge in [0.2, 0.25) is 5.91 Å². The van der Waals surface area contributed by atoms with Crippen molar-refractivity contribution >= 4 is 23.7 Å². The molecule has 1 aliphatic heterocycles. The van der Waals surface area contributed by atoms with E-state index in [2.05, 4.69) is 10.2 Å². The van der Waals surface area contributed by atoms with Crippen molar-refractivity contribution in [3.05, 3.63) is 65.5 Å². The molecule has 0 bridgehead atoms. The number of carbonyl (C=O) groups excluding carboxylic acids is 1. The number of benzene rings is 2. The summed E-state index contributed by atoms with van der Waals surface area (Å²) in [7, 11) is 0. The Morgan fingerprint density at radius 2 is 1.77 bits per heavy atom. The highest BCUT2D eigenvalue weighted by Gasteiger charge is 2.33. The van der Waals surface area contributed by atoms with Crippen molar-refractivity contribution < 1.29 is 27.1 Å². The maximum atomic E-state index is 13.5. The molecule has 0 spiro atoms. The number of morpholine rings is 1. The summed E-state index contributed by atoms with van der Waals surface area (Å²) < 4.78 is 58.9. The fraction of sp³-hybridized carbons (Fsp3) is 0.318. The Kier molecular flexibility index (Phi) is 8.11. The predicted molar refractivity (Wildman–Crippen MR) is 111 cm³/mol. The van der Waals surface area contributed by atoms with Crippen LogP contribution in [0, 0.1) is 5.82 Å². The Bertz CT molecular complexity index is 911. The van der Waals surface area contributed by atoms with Crippen LogP contribution in [0.5, 0.6) is 0 Å². The Morgan fingerprint density at radius 3 is 2.45 bits per heavy atom. The van der Waals surface area contributed by atoms with Crippen LogP contribution in [0.3, 0.4) is 0 Å². The van der Waals surface area contributed by atoms with Crippen molar-refractivity contribution in [3.63, 3.8) is 0 Å². The number of carbonyl (C=O) groups is 1. The molecule has 0 radical (unpaired) electrons. The molecule has 2 aromatic rings. The van der Waals surface area contributed by atoms with Crippen molar-refractivity contribution in [1.29, 1.82) is 0 Å². The van der Waals surface area contributed by atoms with Gasteiger partial charge in [0.25, 0.3) is 0 Å². The van der Waals surface area contributed by atoms with Crippen molar-refractivity contribution in [2.75, 3.05) is 39.4 Å². The van der Waals surface area contributed by atoms with Crippen molar-refractivity contribution in [2.24, 2.45) is 0 Å².